The van der Waals surface area contributed by atoms with Gasteiger partial charge in [0.2, 0.25) is 0 Å². The summed E-state index contributed by atoms with van der Waals surface area (Å²) >= 11 is 0. The van der Waals surface area contributed by atoms with Crippen LogP contribution in [0.3, 0.4) is 0 Å². The second-order valence-corrected chi connectivity index (χ2v) is 9.21. The molecule has 4 aliphatic rings. The van der Waals surface area contributed by atoms with Gasteiger partial charge in [0, 0.05) is 35.5 Å². The molecule has 2 saturated carbocycles. The molecule has 6 nitrogen and oxygen atoms in total. The average molecular weight is 352 g/mol. The van der Waals surface area contributed by atoms with Gasteiger partial charge >= 0.3 is 11.9 Å². The minimum Gasteiger partial charge on any atom is -0.462 e. The number of fused-ring (bicyclic) bond motifs is 2. The maximum absolute atomic E-state index is 12.4. The van der Waals surface area contributed by atoms with Gasteiger partial charge in [-0.15, -0.1) is 0 Å². The number of rotatable bonds is 2. The van der Waals surface area contributed by atoms with Crippen molar-refractivity contribution in [3.63, 3.8) is 0 Å². The molecule has 2 aliphatic carbocycles. The van der Waals surface area contributed by atoms with Gasteiger partial charge in [-0.1, -0.05) is 34.6 Å². The fourth-order valence-corrected chi connectivity index (χ4v) is 6.18. The van der Waals surface area contributed by atoms with Crippen LogP contribution < -0.4 is 0 Å². The molecule has 2 aliphatic heterocycles. The molecular formula is C19H28O6. The van der Waals surface area contributed by atoms with Crippen molar-refractivity contribution in [2.24, 2.45) is 28.6 Å². The zero-order valence-corrected chi connectivity index (χ0v) is 15.6. The molecule has 0 radical (unpaired) electrons. The number of ether oxygens (including phenoxy) is 3. The molecule has 0 aromatic heterocycles. The minimum absolute atomic E-state index is 0.0818. The topological polar surface area (TPSA) is 82.1 Å². The molecule has 2 saturated heterocycles. The van der Waals surface area contributed by atoms with Crippen LogP contribution in [-0.4, -0.2) is 41.1 Å². The van der Waals surface area contributed by atoms with E-state index in [0.717, 1.165) is 0 Å². The van der Waals surface area contributed by atoms with Crippen LogP contribution in [0.2, 0.25) is 0 Å². The Bertz CT molecular complexity index is 646. The van der Waals surface area contributed by atoms with Gasteiger partial charge in [0.15, 0.2) is 5.79 Å². The Morgan fingerprint density at radius 2 is 2.04 bits per heavy atom. The first-order valence-corrected chi connectivity index (χ1v) is 9.30. The maximum Gasteiger partial charge on any atom is 0.308 e. The summed E-state index contributed by atoms with van der Waals surface area (Å²) < 4.78 is 17.7. The SMILES string of the molecule is CC(C)C(=O)OC1CC23OC(=O)CC2(CC2(O)OCC3(C)C2C)C1C. The summed E-state index contributed by atoms with van der Waals surface area (Å²) in [5.74, 6) is -2.15. The molecular weight excluding hydrogens is 324 g/mol. The lowest BCUT2D eigenvalue weighted by molar-refractivity contribution is -0.257. The molecule has 0 aromatic rings. The third kappa shape index (κ3) is 1.78. The van der Waals surface area contributed by atoms with Crippen LogP contribution in [0.5, 0.6) is 0 Å². The van der Waals surface area contributed by atoms with Crippen molar-refractivity contribution in [3.8, 4) is 0 Å². The smallest absolute Gasteiger partial charge is 0.308 e. The van der Waals surface area contributed by atoms with Crippen LogP contribution >= 0.6 is 0 Å². The fourth-order valence-electron chi connectivity index (χ4n) is 6.18. The van der Waals surface area contributed by atoms with Gasteiger partial charge in [-0.3, -0.25) is 9.59 Å². The fraction of sp³-hybridized carbons (Fsp3) is 0.895. The van der Waals surface area contributed by atoms with E-state index >= 15 is 0 Å². The number of aliphatic hydroxyl groups is 1. The number of carbonyl (C=O) groups excluding carboxylic acids is 2. The lowest BCUT2D eigenvalue weighted by atomic mass is 9.48. The number of hydrogen-bond donors (Lipinski definition) is 1. The third-order valence-corrected chi connectivity index (χ3v) is 7.95. The zero-order chi connectivity index (χ0) is 18.4. The second-order valence-electron chi connectivity index (χ2n) is 9.21. The Hall–Kier alpha value is -1.14. The Morgan fingerprint density at radius 3 is 2.68 bits per heavy atom. The van der Waals surface area contributed by atoms with Gasteiger partial charge in [-0.2, -0.15) is 0 Å². The Balaban J connectivity index is 1.80. The van der Waals surface area contributed by atoms with E-state index < -0.39 is 22.2 Å². The standard InChI is InChI=1S/C19H28O6/c1-10(2)15(21)24-13-6-19-16(5)9-23-18(22,12(16)4)8-17(19,11(13)3)7-14(20)25-19/h10-13,22H,6-9H2,1-5H3. The first kappa shape index (κ1) is 17.3. The van der Waals surface area contributed by atoms with E-state index in [9.17, 15) is 14.7 Å². The van der Waals surface area contributed by atoms with Crippen LogP contribution in [0.15, 0.2) is 0 Å². The van der Waals surface area contributed by atoms with E-state index in [4.69, 9.17) is 14.2 Å². The Kier molecular flexibility index (Phi) is 3.30. The van der Waals surface area contributed by atoms with Gasteiger partial charge in [-0.05, 0) is 0 Å². The number of carbonyl (C=O) groups is 2. The molecule has 0 aromatic carbocycles. The van der Waals surface area contributed by atoms with Crippen LogP contribution in [-0.2, 0) is 23.8 Å². The lowest BCUT2D eigenvalue weighted by Gasteiger charge is -2.56. The molecule has 2 bridgehead atoms. The van der Waals surface area contributed by atoms with Crippen molar-refractivity contribution in [2.75, 3.05) is 6.61 Å². The van der Waals surface area contributed by atoms with E-state index in [1.807, 2.05) is 34.6 Å². The van der Waals surface area contributed by atoms with Gasteiger partial charge in [-0.25, -0.2) is 0 Å². The van der Waals surface area contributed by atoms with Gasteiger partial charge in [0.05, 0.1) is 18.9 Å². The monoisotopic (exact) mass is 352 g/mol. The summed E-state index contributed by atoms with van der Waals surface area (Å²) in [7, 11) is 0. The highest BCUT2D eigenvalue weighted by Crippen LogP contribution is 2.75. The minimum atomic E-state index is -1.25. The first-order chi connectivity index (χ1) is 11.5. The lowest BCUT2D eigenvalue weighted by Crippen LogP contribution is -2.64. The Morgan fingerprint density at radius 1 is 1.36 bits per heavy atom. The highest BCUT2D eigenvalue weighted by molar-refractivity contribution is 5.76. The van der Waals surface area contributed by atoms with Gasteiger partial charge in [0.1, 0.15) is 11.7 Å². The zero-order valence-electron chi connectivity index (χ0n) is 15.6. The summed E-state index contributed by atoms with van der Waals surface area (Å²) in [5.41, 5.74) is -1.81. The molecule has 7 atom stereocenters. The van der Waals surface area contributed by atoms with Crippen molar-refractivity contribution in [1.82, 2.24) is 0 Å². The molecule has 140 valence electrons. The summed E-state index contributed by atoms with van der Waals surface area (Å²) in [5, 5.41) is 11.1. The highest BCUT2D eigenvalue weighted by Gasteiger charge is 2.84. The van der Waals surface area contributed by atoms with Crippen molar-refractivity contribution in [3.05, 3.63) is 0 Å². The maximum atomic E-state index is 12.4. The molecule has 0 spiro atoms. The first-order valence-electron chi connectivity index (χ1n) is 9.30. The number of esters is 2. The summed E-state index contributed by atoms with van der Waals surface area (Å²) in [6, 6.07) is 0. The van der Waals surface area contributed by atoms with Crippen molar-refractivity contribution in [2.45, 2.75) is 71.4 Å². The van der Waals surface area contributed by atoms with E-state index in [1.165, 1.54) is 0 Å². The van der Waals surface area contributed by atoms with Crippen LogP contribution in [0.25, 0.3) is 0 Å². The van der Waals surface area contributed by atoms with Crippen LogP contribution in [0.1, 0.15) is 53.9 Å². The van der Waals surface area contributed by atoms with Gasteiger partial charge < -0.3 is 19.3 Å². The highest BCUT2D eigenvalue weighted by atomic mass is 16.6. The average Bonchev–Trinajstić information content (AvgIpc) is 3.00. The van der Waals surface area contributed by atoms with Crippen LogP contribution in [0.4, 0.5) is 0 Å². The Labute approximate surface area is 148 Å². The molecule has 0 amide bonds. The molecule has 6 heteroatoms. The van der Waals surface area contributed by atoms with Crippen molar-refractivity contribution >= 4 is 11.9 Å². The molecule has 4 fully saturated rings. The molecule has 25 heavy (non-hydrogen) atoms. The summed E-state index contributed by atoms with van der Waals surface area (Å²) in [4.78, 5) is 24.6. The third-order valence-electron chi connectivity index (χ3n) is 7.95. The molecule has 1 N–H and O–H groups in total. The predicted molar refractivity (Wildman–Crippen MR) is 87.2 cm³/mol. The predicted octanol–water partition coefficient (Wildman–Crippen LogP) is 2.03. The van der Waals surface area contributed by atoms with E-state index in [2.05, 4.69) is 0 Å². The van der Waals surface area contributed by atoms with Crippen LogP contribution in [0, 0.1) is 28.6 Å². The van der Waals surface area contributed by atoms with Gasteiger partial charge in [0.25, 0.3) is 0 Å². The molecule has 4 rings (SSSR count). The van der Waals surface area contributed by atoms with E-state index in [-0.39, 0.29) is 42.2 Å². The largest absolute Gasteiger partial charge is 0.462 e. The van der Waals surface area contributed by atoms with Crippen molar-refractivity contribution in [1.29, 1.82) is 0 Å². The summed E-state index contributed by atoms with van der Waals surface area (Å²) in [6.45, 7) is 10.0. The van der Waals surface area contributed by atoms with E-state index in [0.29, 0.717) is 19.4 Å². The normalized spacial score (nSPS) is 53.6. The van der Waals surface area contributed by atoms with Crippen molar-refractivity contribution < 1.29 is 28.9 Å². The quantitative estimate of drug-likeness (QED) is 0.766. The molecule has 7 unspecified atom stereocenters. The van der Waals surface area contributed by atoms with E-state index in [1.54, 1.807) is 0 Å². The summed E-state index contributed by atoms with van der Waals surface area (Å²) in [6.07, 6.45) is 0.769. The second kappa shape index (κ2) is 4.77. The molecule has 2 heterocycles. The number of hydrogen-bond acceptors (Lipinski definition) is 6.